The molecule has 2 aromatic carbocycles. The molecule has 10 heteroatoms. The summed E-state index contributed by atoms with van der Waals surface area (Å²) >= 11 is 0. The SMILES string of the molecule is CCc1nccc(-c2cccnc2Oc2ccc(CC(=O)Nc3cc(F)cc(C(F)(F)F)c3)cc2)n1. The van der Waals surface area contributed by atoms with Crippen LogP contribution in [0.5, 0.6) is 11.6 Å². The lowest BCUT2D eigenvalue weighted by Crippen LogP contribution is -2.15. The van der Waals surface area contributed by atoms with E-state index in [9.17, 15) is 22.4 Å². The highest BCUT2D eigenvalue weighted by atomic mass is 19.4. The first-order valence-corrected chi connectivity index (χ1v) is 10.9. The second-order valence-electron chi connectivity index (χ2n) is 7.77. The third-order valence-corrected chi connectivity index (χ3v) is 5.08. The number of hydrogen-bond acceptors (Lipinski definition) is 5. The van der Waals surface area contributed by atoms with Gasteiger partial charge in [0.15, 0.2) is 0 Å². The minimum Gasteiger partial charge on any atom is -0.438 e. The first-order valence-electron chi connectivity index (χ1n) is 10.9. The first kappa shape index (κ1) is 24.8. The Morgan fingerprint density at radius 1 is 1.00 bits per heavy atom. The van der Waals surface area contributed by atoms with Crippen LogP contribution in [0.4, 0.5) is 23.2 Å². The summed E-state index contributed by atoms with van der Waals surface area (Å²) in [6.07, 6.45) is -0.909. The largest absolute Gasteiger partial charge is 0.438 e. The number of carbonyl (C=O) groups excluding carboxylic acids is 1. The number of amides is 1. The van der Waals surface area contributed by atoms with Crippen LogP contribution in [0.1, 0.15) is 23.9 Å². The zero-order chi connectivity index (χ0) is 25.7. The van der Waals surface area contributed by atoms with Crippen LogP contribution in [0.3, 0.4) is 0 Å². The smallest absolute Gasteiger partial charge is 0.416 e. The molecule has 4 rings (SSSR count). The van der Waals surface area contributed by atoms with Crippen LogP contribution in [0, 0.1) is 5.82 Å². The van der Waals surface area contributed by atoms with E-state index >= 15 is 0 Å². The fraction of sp³-hybridized carbons (Fsp3) is 0.154. The van der Waals surface area contributed by atoms with E-state index in [2.05, 4.69) is 20.3 Å². The van der Waals surface area contributed by atoms with Crippen molar-refractivity contribution in [2.75, 3.05) is 5.32 Å². The van der Waals surface area contributed by atoms with E-state index < -0.39 is 23.5 Å². The fourth-order valence-electron chi connectivity index (χ4n) is 3.39. The van der Waals surface area contributed by atoms with Crippen LogP contribution in [0.15, 0.2) is 73.1 Å². The normalized spacial score (nSPS) is 11.2. The highest BCUT2D eigenvalue weighted by molar-refractivity contribution is 5.92. The number of aromatic nitrogens is 3. The lowest BCUT2D eigenvalue weighted by Gasteiger charge is -2.11. The van der Waals surface area contributed by atoms with Crippen LogP contribution in [-0.2, 0) is 23.8 Å². The second kappa shape index (κ2) is 10.5. The number of benzene rings is 2. The maximum Gasteiger partial charge on any atom is 0.416 e. The number of nitrogens with zero attached hydrogens (tertiary/aromatic N) is 3. The van der Waals surface area contributed by atoms with Gasteiger partial charge in [0.1, 0.15) is 17.4 Å². The van der Waals surface area contributed by atoms with E-state index in [0.29, 0.717) is 52.8 Å². The molecule has 0 radical (unpaired) electrons. The van der Waals surface area contributed by atoms with Gasteiger partial charge in [0.25, 0.3) is 0 Å². The van der Waals surface area contributed by atoms with E-state index in [-0.39, 0.29) is 12.1 Å². The summed E-state index contributed by atoms with van der Waals surface area (Å²) in [7, 11) is 0. The van der Waals surface area contributed by atoms with Gasteiger partial charge in [0.05, 0.1) is 23.2 Å². The van der Waals surface area contributed by atoms with Crippen molar-refractivity contribution in [2.45, 2.75) is 25.9 Å². The third-order valence-electron chi connectivity index (χ3n) is 5.08. The summed E-state index contributed by atoms with van der Waals surface area (Å²) in [5.74, 6) is -0.190. The van der Waals surface area contributed by atoms with E-state index in [0.717, 1.165) is 6.07 Å². The quantitative estimate of drug-likeness (QED) is 0.307. The van der Waals surface area contributed by atoms with Gasteiger partial charge in [-0.25, -0.2) is 19.3 Å². The molecular formula is C26H20F4N4O2. The molecule has 0 aliphatic carbocycles. The summed E-state index contributed by atoms with van der Waals surface area (Å²) in [4.78, 5) is 25.3. The van der Waals surface area contributed by atoms with Crippen LogP contribution in [0.2, 0.25) is 0 Å². The number of rotatable bonds is 7. The Morgan fingerprint density at radius 2 is 1.78 bits per heavy atom. The molecule has 2 heterocycles. The number of ether oxygens (including phenoxy) is 1. The highest BCUT2D eigenvalue weighted by Gasteiger charge is 2.31. The molecular weight excluding hydrogens is 476 g/mol. The van der Waals surface area contributed by atoms with Crippen molar-refractivity contribution in [3.8, 4) is 22.9 Å². The molecule has 0 spiro atoms. The topological polar surface area (TPSA) is 77.0 Å². The summed E-state index contributed by atoms with van der Waals surface area (Å²) in [5, 5.41) is 2.30. The molecule has 0 unspecified atom stereocenters. The number of pyridine rings is 1. The number of hydrogen-bond donors (Lipinski definition) is 1. The average Bonchev–Trinajstić information content (AvgIpc) is 2.84. The van der Waals surface area contributed by atoms with Crippen LogP contribution in [0.25, 0.3) is 11.3 Å². The Labute approximate surface area is 204 Å². The Bertz CT molecular complexity index is 1380. The molecule has 184 valence electrons. The van der Waals surface area contributed by atoms with E-state index in [1.165, 1.54) is 0 Å². The van der Waals surface area contributed by atoms with Gasteiger partial charge in [0.2, 0.25) is 11.8 Å². The number of alkyl halides is 3. The molecule has 0 saturated heterocycles. The minimum absolute atomic E-state index is 0.131. The molecule has 0 aliphatic heterocycles. The molecule has 1 N–H and O–H groups in total. The maximum absolute atomic E-state index is 13.6. The molecule has 0 saturated carbocycles. The average molecular weight is 496 g/mol. The van der Waals surface area contributed by atoms with Gasteiger partial charge in [-0.3, -0.25) is 4.79 Å². The molecule has 36 heavy (non-hydrogen) atoms. The molecule has 4 aromatic rings. The van der Waals surface area contributed by atoms with Gasteiger partial charge in [0, 0.05) is 24.5 Å². The van der Waals surface area contributed by atoms with Gasteiger partial charge in [-0.2, -0.15) is 13.2 Å². The summed E-state index contributed by atoms with van der Waals surface area (Å²) in [5.41, 5.74) is 0.486. The zero-order valence-electron chi connectivity index (χ0n) is 19.0. The van der Waals surface area contributed by atoms with E-state index in [4.69, 9.17) is 4.74 Å². The Hall–Kier alpha value is -4.34. The van der Waals surface area contributed by atoms with Crippen molar-refractivity contribution < 1.29 is 27.1 Å². The summed E-state index contributed by atoms with van der Waals surface area (Å²) in [6, 6.07) is 13.8. The number of anilines is 1. The monoisotopic (exact) mass is 496 g/mol. The van der Waals surface area contributed by atoms with Crippen molar-refractivity contribution in [3.63, 3.8) is 0 Å². The standard InChI is InChI=1S/C26H20F4N4O2/c1-2-23-31-11-9-22(34-23)21-4-3-10-32-25(21)36-20-7-5-16(6-8-20)12-24(35)33-19-14-17(26(28,29)30)13-18(27)15-19/h3-11,13-15H,2,12H2,1H3,(H,33,35). The minimum atomic E-state index is -4.73. The van der Waals surface area contributed by atoms with Crippen molar-refractivity contribution in [2.24, 2.45) is 0 Å². The number of nitrogens with one attached hydrogen (secondary N) is 1. The molecule has 6 nitrogen and oxygen atoms in total. The molecule has 1 amide bonds. The molecule has 2 aromatic heterocycles. The van der Waals surface area contributed by atoms with Crippen molar-refractivity contribution in [1.29, 1.82) is 0 Å². The van der Waals surface area contributed by atoms with Crippen LogP contribution < -0.4 is 10.1 Å². The lowest BCUT2D eigenvalue weighted by atomic mass is 10.1. The number of carbonyl (C=O) groups is 1. The van der Waals surface area contributed by atoms with Gasteiger partial charge >= 0.3 is 6.18 Å². The van der Waals surface area contributed by atoms with Crippen molar-refractivity contribution >= 4 is 11.6 Å². The van der Waals surface area contributed by atoms with Crippen LogP contribution in [-0.4, -0.2) is 20.9 Å². The van der Waals surface area contributed by atoms with Gasteiger partial charge < -0.3 is 10.1 Å². The molecule has 0 atom stereocenters. The predicted octanol–water partition coefficient (Wildman–Crippen LogP) is 6.23. The molecule has 0 bridgehead atoms. The van der Waals surface area contributed by atoms with Crippen molar-refractivity contribution in [3.05, 3.63) is 95.8 Å². The fourth-order valence-corrected chi connectivity index (χ4v) is 3.39. The first-order chi connectivity index (χ1) is 17.2. The lowest BCUT2D eigenvalue weighted by molar-refractivity contribution is -0.137. The van der Waals surface area contributed by atoms with Crippen LogP contribution >= 0.6 is 0 Å². The predicted molar refractivity (Wildman–Crippen MR) is 125 cm³/mol. The number of aryl methyl sites for hydroxylation is 1. The molecule has 0 fully saturated rings. The Balaban J connectivity index is 1.44. The third kappa shape index (κ3) is 6.21. The maximum atomic E-state index is 13.6. The zero-order valence-corrected chi connectivity index (χ0v) is 19.0. The summed E-state index contributed by atoms with van der Waals surface area (Å²) < 4.78 is 58.1. The van der Waals surface area contributed by atoms with E-state index in [1.807, 2.05) is 13.0 Å². The highest BCUT2D eigenvalue weighted by Crippen LogP contribution is 2.32. The molecule has 0 aliphatic rings. The van der Waals surface area contributed by atoms with Gasteiger partial charge in [-0.1, -0.05) is 19.1 Å². The summed E-state index contributed by atoms with van der Waals surface area (Å²) in [6.45, 7) is 1.96. The van der Waals surface area contributed by atoms with Crippen molar-refractivity contribution in [1.82, 2.24) is 15.0 Å². The van der Waals surface area contributed by atoms with Gasteiger partial charge in [-0.05, 0) is 54.1 Å². The van der Waals surface area contributed by atoms with Gasteiger partial charge in [-0.15, -0.1) is 0 Å². The second-order valence-corrected chi connectivity index (χ2v) is 7.77. The Morgan fingerprint density at radius 3 is 2.50 bits per heavy atom. The van der Waals surface area contributed by atoms with E-state index in [1.54, 1.807) is 48.8 Å². The Kier molecular flexibility index (Phi) is 7.23. The number of halogens is 4.